The summed E-state index contributed by atoms with van der Waals surface area (Å²) in [5, 5.41) is 2.15. The van der Waals surface area contributed by atoms with Crippen LogP contribution in [0.25, 0.3) is 0 Å². The van der Waals surface area contributed by atoms with Gasteiger partial charge in [-0.1, -0.05) is 0 Å². The van der Waals surface area contributed by atoms with Gasteiger partial charge in [-0.25, -0.2) is 13.2 Å². The highest BCUT2D eigenvalue weighted by Gasteiger charge is 2.17. The summed E-state index contributed by atoms with van der Waals surface area (Å²) in [5.74, 6) is -5.08. The highest BCUT2D eigenvalue weighted by atomic mass is 19.2. The first kappa shape index (κ1) is 13.0. The fourth-order valence-corrected chi connectivity index (χ4v) is 1.62. The zero-order valence-electron chi connectivity index (χ0n) is 9.88. The lowest BCUT2D eigenvalue weighted by Crippen LogP contribution is -2.16. The molecule has 2 aromatic rings. The number of rotatable bonds is 2. The van der Waals surface area contributed by atoms with Crippen LogP contribution in [-0.2, 0) is 7.05 Å². The number of nitrogens with one attached hydrogen (secondary N) is 1. The Balaban J connectivity index is 2.29. The van der Waals surface area contributed by atoms with Crippen molar-refractivity contribution in [3.63, 3.8) is 0 Å². The van der Waals surface area contributed by atoms with Gasteiger partial charge < -0.3 is 15.6 Å². The van der Waals surface area contributed by atoms with Crippen molar-refractivity contribution >= 4 is 17.3 Å². The third-order valence-corrected chi connectivity index (χ3v) is 2.54. The van der Waals surface area contributed by atoms with Gasteiger partial charge in [-0.3, -0.25) is 4.79 Å². The molecule has 1 aromatic carbocycles. The summed E-state index contributed by atoms with van der Waals surface area (Å²) in [5.41, 5.74) is 5.59. The number of aryl methyl sites for hydroxylation is 1. The van der Waals surface area contributed by atoms with Crippen LogP contribution in [0.1, 0.15) is 10.5 Å². The second kappa shape index (κ2) is 4.68. The standard InChI is InChI=1S/C12H10F3N3O/c1-18-5-6(16)4-9(18)12(19)17-8-3-2-7(13)10(14)11(8)15/h2-5H,16H2,1H3,(H,17,19). The minimum Gasteiger partial charge on any atom is -0.397 e. The van der Waals surface area contributed by atoms with E-state index in [2.05, 4.69) is 5.32 Å². The van der Waals surface area contributed by atoms with Gasteiger partial charge in [0.15, 0.2) is 17.5 Å². The number of carbonyl (C=O) groups is 1. The number of amides is 1. The molecule has 0 saturated carbocycles. The molecule has 2 rings (SSSR count). The number of hydrogen-bond acceptors (Lipinski definition) is 2. The van der Waals surface area contributed by atoms with E-state index in [0.717, 1.165) is 12.1 Å². The molecule has 3 N–H and O–H groups in total. The zero-order chi connectivity index (χ0) is 14.2. The lowest BCUT2D eigenvalue weighted by molar-refractivity contribution is 0.101. The normalized spacial score (nSPS) is 10.5. The van der Waals surface area contributed by atoms with Crippen LogP contribution in [0.3, 0.4) is 0 Å². The average molecular weight is 269 g/mol. The number of nitrogens with two attached hydrogens (primary N) is 1. The predicted octanol–water partition coefficient (Wildman–Crippen LogP) is 2.28. The molecule has 1 amide bonds. The number of benzene rings is 1. The van der Waals surface area contributed by atoms with Crippen LogP contribution in [0.2, 0.25) is 0 Å². The van der Waals surface area contributed by atoms with Gasteiger partial charge in [0.25, 0.3) is 5.91 Å². The summed E-state index contributed by atoms with van der Waals surface area (Å²) in [6.45, 7) is 0. The van der Waals surface area contributed by atoms with E-state index >= 15 is 0 Å². The Hall–Kier alpha value is -2.44. The van der Waals surface area contributed by atoms with Crippen LogP contribution >= 0.6 is 0 Å². The molecule has 1 aromatic heterocycles. The summed E-state index contributed by atoms with van der Waals surface area (Å²) in [4.78, 5) is 11.8. The van der Waals surface area contributed by atoms with Gasteiger partial charge >= 0.3 is 0 Å². The molecule has 0 aliphatic heterocycles. The van der Waals surface area contributed by atoms with Crippen LogP contribution in [0, 0.1) is 17.5 Å². The molecule has 7 heteroatoms. The first-order valence-corrected chi connectivity index (χ1v) is 5.27. The maximum Gasteiger partial charge on any atom is 0.272 e. The van der Waals surface area contributed by atoms with Gasteiger partial charge in [0.05, 0.1) is 11.4 Å². The van der Waals surface area contributed by atoms with E-state index in [1.165, 1.54) is 16.8 Å². The summed E-state index contributed by atoms with van der Waals surface area (Å²) in [6, 6.07) is 3.05. The van der Waals surface area contributed by atoms with Crippen molar-refractivity contribution in [2.75, 3.05) is 11.1 Å². The topological polar surface area (TPSA) is 60.0 Å². The average Bonchev–Trinajstić information content (AvgIpc) is 2.69. The van der Waals surface area contributed by atoms with Gasteiger partial charge in [-0.15, -0.1) is 0 Å². The Morgan fingerprint density at radius 2 is 1.95 bits per heavy atom. The Labute approximate surface area is 106 Å². The van der Waals surface area contributed by atoms with E-state index in [0.29, 0.717) is 5.69 Å². The molecule has 0 aliphatic carbocycles. The molecule has 0 fully saturated rings. The second-order valence-corrected chi connectivity index (χ2v) is 3.95. The third kappa shape index (κ3) is 2.40. The first-order valence-electron chi connectivity index (χ1n) is 5.27. The Morgan fingerprint density at radius 3 is 2.53 bits per heavy atom. The zero-order valence-corrected chi connectivity index (χ0v) is 9.88. The van der Waals surface area contributed by atoms with E-state index in [9.17, 15) is 18.0 Å². The van der Waals surface area contributed by atoms with Crippen LogP contribution in [0.4, 0.5) is 24.5 Å². The monoisotopic (exact) mass is 269 g/mol. The van der Waals surface area contributed by atoms with E-state index in [4.69, 9.17) is 5.73 Å². The summed E-state index contributed by atoms with van der Waals surface area (Å²) in [6.07, 6.45) is 1.50. The maximum atomic E-state index is 13.4. The highest BCUT2D eigenvalue weighted by molar-refractivity contribution is 6.03. The first-order chi connectivity index (χ1) is 8.90. The smallest absolute Gasteiger partial charge is 0.272 e. The van der Waals surface area contributed by atoms with Gasteiger partial charge in [-0.05, 0) is 18.2 Å². The lowest BCUT2D eigenvalue weighted by Gasteiger charge is -2.07. The Kier molecular flexibility index (Phi) is 3.20. The Morgan fingerprint density at radius 1 is 1.26 bits per heavy atom. The van der Waals surface area contributed by atoms with Crippen LogP contribution in [-0.4, -0.2) is 10.5 Å². The van der Waals surface area contributed by atoms with Gasteiger partial charge in [0.2, 0.25) is 0 Å². The van der Waals surface area contributed by atoms with E-state index in [1.54, 1.807) is 7.05 Å². The van der Waals surface area contributed by atoms with Gasteiger partial charge in [-0.2, -0.15) is 0 Å². The number of hydrogen-bond donors (Lipinski definition) is 2. The van der Waals surface area contributed by atoms with Crippen molar-refractivity contribution in [2.45, 2.75) is 0 Å². The van der Waals surface area contributed by atoms with Crippen molar-refractivity contribution in [2.24, 2.45) is 7.05 Å². The van der Waals surface area contributed by atoms with Crippen molar-refractivity contribution in [1.82, 2.24) is 4.57 Å². The van der Waals surface area contributed by atoms with Crippen LogP contribution in [0.5, 0.6) is 0 Å². The molecular formula is C12H10F3N3O. The molecule has 19 heavy (non-hydrogen) atoms. The van der Waals surface area contributed by atoms with E-state index in [-0.39, 0.29) is 5.69 Å². The minimum absolute atomic E-state index is 0.168. The maximum absolute atomic E-state index is 13.4. The van der Waals surface area contributed by atoms with Crippen LogP contribution < -0.4 is 11.1 Å². The van der Waals surface area contributed by atoms with Crippen molar-refractivity contribution < 1.29 is 18.0 Å². The molecule has 0 saturated heterocycles. The van der Waals surface area contributed by atoms with E-state index < -0.39 is 29.0 Å². The van der Waals surface area contributed by atoms with Gasteiger partial charge in [0.1, 0.15) is 5.69 Å². The molecule has 0 radical (unpaired) electrons. The molecule has 4 nitrogen and oxygen atoms in total. The van der Waals surface area contributed by atoms with Crippen molar-refractivity contribution in [3.05, 3.63) is 47.5 Å². The van der Waals surface area contributed by atoms with Crippen LogP contribution in [0.15, 0.2) is 24.4 Å². The summed E-state index contributed by atoms with van der Waals surface area (Å²) >= 11 is 0. The molecule has 0 atom stereocenters. The predicted molar refractivity (Wildman–Crippen MR) is 64.1 cm³/mol. The SMILES string of the molecule is Cn1cc(N)cc1C(=O)Nc1ccc(F)c(F)c1F. The molecule has 0 spiro atoms. The summed E-state index contributed by atoms with van der Waals surface area (Å²) < 4.78 is 40.6. The number of aromatic nitrogens is 1. The molecular weight excluding hydrogens is 259 g/mol. The number of halogens is 3. The molecule has 0 bridgehead atoms. The quantitative estimate of drug-likeness (QED) is 0.822. The van der Waals surface area contributed by atoms with Crippen molar-refractivity contribution in [1.29, 1.82) is 0 Å². The second-order valence-electron chi connectivity index (χ2n) is 3.95. The lowest BCUT2D eigenvalue weighted by atomic mass is 10.2. The number of nitrogens with zero attached hydrogens (tertiary/aromatic N) is 1. The molecule has 1 heterocycles. The fourth-order valence-electron chi connectivity index (χ4n) is 1.62. The number of nitrogen functional groups attached to an aromatic ring is 1. The number of anilines is 2. The molecule has 100 valence electrons. The third-order valence-electron chi connectivity index (χ3n) is 2.54. The number of carbonyl (C=O) groups excluding carboxylic acids is 1. The van der Waals surface area contributed by atoms with E-state index in [1.807, 2.05) is 0 Å². The largest absolute Gasteiger partial charge is 0.397 e. The van der Waals surface area contributed by atoms with Crippen molar-refractivity contribution in [3.8, 4) is 0 Å². The Bertz CT molecular complexity index is 652. The van der Waals surface area contributed by atoms with Gasteiger partial charge in [0, 0.05) is 13.2 Å². The molecule has 0 unspecified atom stereocenters. The molecule has 0 aliphatic rings. The highest BCUT2D eigenvalue weighted by Crippen LogP contribution is 2.20. The fraction of sp³-hybridized carbons (Fsp3) is 0.0833. The summed E-state index contributed by atoms with van der Waals surface area (Å²) in [7, 11) is 1.58. The minimum atomic E-state index is -1.64.